The molecular weight excluding hydrogens is 441 g/mol. The van der Waals surface area contributed by atoms with Gasteiger partial charge in [-0.15, -0.1) is 0 Å². The van der Waals surface area contributed by atoms with Crippen LogP contribution < -0.4 is 20.1 Å². The lowest BCUT2D eigenvalue weighted by molar-refractivity contribution is 0.104. The van der Waals surface area contributed by atoms with Gasteiger partial charge in [-0.05, 0) is 72.0 Å². The third-order valence-electron chi connectivity index (χ3n) is 5.01. The normalized spacial score (nSPS) is 13.2. The van der Waals surface area contributed by atoms with Gasteiger partial charge in [0.15, 0.2) is 0 Å². The maximum absolute atomic E-state index is 11.8. The highest BCUT2D eigenvalue weighted by molar-refractivity contribution is 7.47. The lowest BCUT2D eigenvalue weighted by atomic mass is 10.0. The van der Waals surface area contributed by atoms with E-state index in [0.717, 1.165) is 5.56 Å². The van der Waals surface area contributed by atoms with Crippen molar-refractivity contribution < 1.29 is 29.1 Å². The summed E-state index contributed by atoms with van der Waals surface area (Å²) >= 11 is 0. The molecule has 8 heteroatoms. The molecule has 0 aliphatic heterocycles. The molecule has 0 spiro atoms. The average Bonchev–Trinajstić information content (AvgIpc) is 2.81. The van der Waals surface area contributed by atoms with Gasteiger partial charge in [0.05, 0.1) is 0 Å². The molecule has 0 bridgehead atoms. The van der Waals surface area contributed by atoms with Crippen molar-refractivity contribution in [1.29, 1.82) is 0 Å². The SMILES string of the molecule is CC(Cc1ccc([P+](=O)O)c(COc2ccccc2)c1)NCC(O)COc1ccc(O)cc1. The molecule has 0 aliphatic rings. The van der Waals surface area contributed by atoms with Crippen LogP contribution in [0.4, 0.5) is 0 Å². The molecule has 3 aromatic carbocycles. The summed E-state index contributed by atoms with van der Waals surface area (Å²) in [6.45, 7) is 2.69. The van der Waals surface area contributed by atoms with Gasteiger partial charge < -0.3 is 25.0 Å². The Morgan fingerprint density at radius 3 is 2.36 bits per heavy atom. The Bertz CT molecular complexity index is 1030. The van der Waals surface area contributed by atoms with Crippen LogP contribution in [0.25, 0.3) is 0 Å². The topological polar surface area (TPSA) is 108 Å². The van der Waals surface area contributed by atoms with Crippen molar-refractivity contribution in [3.63, 3.8) is 0 Å². The predicted octanol–water partition coefficient (Wildman–Crippen LogP) is 3.29. The molecule has 3 unspecified atom stereocenters. The molecule has 0 radical (unpaired) electrons. The number of para-hydroxylation sites is 1. The van der Waals surface area contributed by atoms with Crippen LogP contribution in [0, 0.1) is 0 Å². The number of phenols is 1. The summed E-state index contributed by atoms with van der Waals surface area (Å²) < 4.78 is 23.1. The Morgan fingerprint density at radius 1 is 0.970 bits per heavy atom. The second kappa shape index (κ2) is 12.3. The van der Waals surface area contributed by atoms with E-state index in [1.165, 1.54) is 12.1 Å². The van der Waals surface area contributed by atoms with Crippen LogP contribution in [0.5, 0.6) is 17.2 Å². The van der Waals surface area contributed by atoms with Crippen molar-refractivity contribution >= 4 is 13.3 Å². The fourth-order valence-electron chi connectivity index (χ4n) is 3.30. The van der Waals surface area contributed by atoms with Crippen LogP contribution >= 0.6 is 8.03 Å². The number of phenolic OH excluding ortho intramolecular Hbond substituents is 1. The molecule has 3 atom stereocenters. The second-order valence-electron chi connectivity index (χ2n) is 7.81. The van der Waals surface area contributed by atoms with E-state index < -0.39 is 14.1 Å². The summed E-state index contributed by atoms with van der Waals surface area (Å²) in [6, 6.07) is 21.1. The first-order chi connectivity index (χ1) is 15.9. The van der Waals surface area contributed by atoms with Crippen molar-refractivity contribution in [1.82, 2.24) is 5.32 Å². The molecule has 4 N–H and O–H groups in total. The highest BCUT2D eigenvalue weighted by Crippen LogP contribution is 2.20. The molecule has 3 aromatic rings. The van der Waals surface area contributed by atoms with Gasteiger partial charge in [0, 0.05) is 18.2 Å². The maximum atomic E-state index is 11.8. The van der Waals surface area contributed by atoms with E-state index >= 15 is 0 Å². The third-order valence-corrected chi connectivity index (χ3v) is 5.86. The van der Waals surface area contributed by atoms with Crippen LogP contribution in [-0.2, 0) is 17.6 Å². The summed E-state index contributed by atoms with van der Waals surface area (Å²) in [5, 5.41) is 23.1. The standard InChI is InChI=1S/C25H28NO6P/c1-18(26-15-22(28)17-32-24-10-8-21(27)9-11-24)13-19-7-12-25(33(29)30)20(14-19)16-31-23-5-3-2-4-6-23/h2-12,14,18,22,26,28H,13,15-17H2,1H3,(H-,27,29,30)/p+1. The van der Waals surface area contributed by atoms with Crippen LogP contribution in [0.2, 0.25) is 0 Å². The molecule has 0 aliphatic carbocycles. The van der Waals surface area contributed by atoms with Crippen LogP contribution in [0.1, 0.15) is 18.1 Å². The van der Waals surface area contributed by atoms with E-state index in [-0.39, 0.29) is 25.0 Å². The molecular formula is C25H29NO6P+. The van der Waals surface area contributed by atoms with E-state index in [9.17, 15) is 19.7 Å². The smallest absolute Gasteiger partial charge is 0.508 e. The van der Waals surface area contributed by atoms with Crippen LogP contribution in [0.15, 0.2) is 72.8 Å². The lowest BCUT2D eigenvalue weighted by Crippen LogP contribution is -2.37. The molecule has 0 fully saturated rings. The summed E-state index contributed by atoms with van der Waals surface area (Å²) in [5.74, 6) is 1.43. The van der Waals surface area contributed by atoms with E-state index in [4.69, 9.17) is 9.47 Å². The minimum Gasteiger partial charge on any atom is -0.508 e. The highest BCUT2D eigenvalue weighted by Gasteiger charge is 2.22. The van der Waals surface area contributed by atoms with Crippen LogP contribution in [-0.4, -0.2) is 40.4 Å². The van der Waals surface area contributed by atoms with E-state index in [1.807, 2.05) is 49.4 Å². The Hall–Kier alpha value is -2.96. The third kappa shape index (κ3) is 8.15. The first-order valence-electron chi connectivity index (χ1n) is 10.7. The van der Waals surface area contributed by atoms with Crippen molar-refractivity contribution in [3.8, 4) is 17.2 Å². The van der Waals surface area contributed by atoms with Crippen molar-refractivity contribution in [2.75, 3.05) is 13.2 Å². The Balaban J connectivity index is 1.51. The maximum Gasteiger partial charge on any atom is 0.546 e. The zero-order valence-electron chi connectivity index (χ0n) is 18.4. The summed E-state index contributed by atoms with van der Waals surface area (Å²) in [4.78, 5) is 9.66. The quantitative estimate of drug-likeness (QED) is 0.301. The first-order valence-corrected chi connectivity index (χ1v) is 11.9. The Labute approximate surface area is 194 Å². The van der Waals surface area contributed by atoms with Gasteiger partial charge in [0.2, 0.25) is 5.30 Å². The number of aliphatic hydroxyl groups is 1. The number of hydrogen-bond acceptors (Lipinski definition) is 6. The predicted molar refractivity (Wildman–Crippen MR) is 127 cm³/mol. The molecule has 0 heterocycles. The number of aliphatic hydroxyl groups excluding tert-OH is 1. The van der Waals surface area contributed by atoms with E-state index in [1.54, 1.807) is 18.2 Å². The largest absolute Gasteiger partial charge is 0.546 e. The highest BCUT2D eigenvalue weighted by atomic mass is 31.1. The number of benzene rings is 3. The molecule has 7 nitrogen and oxygen atoms in total. The number of aromatic hydroxyl groups is 1. The van der Waals surface area contributed by atoms with E-state index in [0.29, 0.717) is 35.3 Å². The van der Waals surface area contributed by atoms with Gasteiger partial charge in [0.25, 0.3) is 0 Å². The van der Waals surface area contributed by atoms with Crippen molar-refractivity contribution in [3.05, 3.63) is 83.9 Å². The fourth-order valence-corrected chi connectivity index (χ4v) is 3.88. The molecule has 3 rings (SSSR count). The number of hydrogen-bond donors (Lipinski definition) is 4. The summed E-state index contributed by atoms with van der Waals surface area (Å²) in [7, 11) is -2.48. The van der Waals surface area contributed by atoms with Gasteiger partial charge >= 0.3 is 8.03 Å². The van der Waals surface area contributed by atoms with Crippen molar-refractivity contribution in [2.45, 2.75) is 32.1 Å². The zero-order valence-corrected chi connectivity index (χ0v) is 19.3. The summed E-state index contributed by atoms with van der Waals surface area (Å²) in [5.41, 5.74) is 1.67. The van der Waals surface area contributed by atoms with E-state index in [2.05, 4.69) is 5.32 Å². The molecule has 33 heavy (non-hydrogen) atoms. The minimum absolute atomic E-state index is 0.0601. The minimum atomic E-state index is -2.48. The second-order valence-corrected chi connectivity index (χ2v) is 8.84. The first kappa shape index (κ1) is 24.7. The van der Waals surface area contributed by atoms with Gasteiger partial charge in [-0.1, -0.05) is 24.3 Å². The molecule has 174 valence electrons. The molecule has 0 saturated heterocycles. The van der Waals surface area contributed by atoms with Crippen molar-refractivity contribution in [2.24, 2.45) is 0 Å². The molecule has 0 amide bonds. The Kier molecular flexibility index (Phi) is 9.22. The van der Waals surface area contributed by atoms with Gasteiger partial charge in [-0.3, -0.25) is 0 Å². The van der Waals surface area contributed by atoms with Crippen LogP contribution in [0.3, 0.4) is 0 Å². The number of ether oxygens (including phenoxy) is 2. The van der Waals surface area contributed by atoms with Gasteiger partial charge in [-0.2, -0.15) is 4.89 Å². The monoisotopic (exact) mass is 470 g/mol. The fraction of sp³-hybridized carbons (Fsp3) is 0.280. The number of rotatable bonds is 12. The average molecular weight is 470 g/mol. The van der Waals surface area contributed by atoms with Gasteiger partial charge in [-0.25, -0.2) is 0 Å². The Morgan fingerprint density at radius 2 is 1.67 bits per heavy atom. The molecule has 0 aromatic heterocycles. The molecule has 0 saturated carbocycles. The number of nitrogens with one attached hydrogen (secondary N) is 1. The van der Waals surface area contributed by atoms with Gasteiger partial charge in [0.1, 0.15) is 36.6 Å². The lowest BCUT2D eigenvalue weighted by Gasteiger charge is -2.18. The zero-order chi connectivity index (χ0) is 23.6. The summed E-state index contributed by atoms with van der Waals surface area (Å²) in [6.07, 6.45) is -0.0244.